The van der Waals surface area contributed by atoms with Crippen LogP contribution in [0.5, 0.6) is 0 Å². The number of nitrogens with one attached hydrogen (secondary N) is 2. The Morgan fingerprint density at radius 3 is 2.58 bits per heavy atom. The number of rotatable bonds is 7. The van der Waals surface area contributed by atoms with Crippen LogP contribution in [-0.4, -0.2) is 47.2 Å². The number of aromatic nitrogens is 2. The minimum Gasteiger partial charge on any atom is -0.352 e. The summed E-state index contributed by atoms with van der Waals surface area (Å²) in [5.74, 6) is -0.0269. The molecular weight excluding hydrogens is 240 g/mol. The van der Waals surface area contributed by atoms with Gasteiger partial charge in [-0.05, 0) is 54.1 Å². The number of amides is 1. The van der Waals surface area contributed by atoms with Crippen molar-refractivity contribution in [3.05, 3.63) is 17.0 Å². The van der Waals surface area contributed by atoms with Gasteiger partial charge in [-0.25, -0.2) is 0 Å². The van der Waals surface area contributed by atoms with Gasteiger partial charge in [-0.2, -0.15) is 5.10 Å². The fraction of sp³-hybridized carbons (Fsp3) is 0.714. The molecule has 108 valence electrons. The van der Waals surface area contributed by atoms with Crippen LogP contribution in [0.15, 0.2) is 0 Å². The molecule has 0 aliphatic rings. The van der Waals surface area contributed by atoms with Gasteiger partial charge in [0.05, 0.1) is 11.3 Å². The third-order valence-corrected chi connectivity index (χ3v) is 3.46. The molecule has 0 spiro atoms. The molecular formula is C14H26N4O. The summed E-state index contributed by atoms with van der Waals surface area (Å²) in [6.45, 7) is 9.87. The van der Waals surface area contributed by atoms with Gasteiger partial charge in [-0.15, -0.1) is 0 Å². The SMILES string of the molecule is Cc1n[nH]c(C)c1C(=O)NCCCCN(C)C(C)C. The van der Waals surface area contributed by atoms with Crippen LogP contribution in [-0.2, 0) is 0 Å². The fourth-order valence-corrected chi connectivity index (χ4v) is 1.92. The predicted octanol–water partition coefficient (Wildman–Crippen LogP) is 1.88. The fourth-order valence-electron chi connectivity index (χ4n) is 1.92. The largest absolute Gasteiger partial charge is 0.352 e. The first kappa shape index (κ1) is 15.7. The van der Waals surface area contributed by atoms with Gasteiger partial charge >= 0.3 is 0 Å². The molecule has 0 atom stereocenters. The zero-order valence-electron chi connectivity index (χ0n) is 12.7. The van der Waals surface area contributed by atoms with E-state index < -0.39 is 0 Å². The first-order valence-corrected chi connectivity index (χ1v) is 6.93. The van der Waals surface area contributed by atoms with Crippen LogP contribution in [0.3, 0.4) is 0 Å². The van der Waals surface area contributed by atoms with E-state index in [-0.39, 0.29) is 5.91 Å². The Morgan fingerprint density at radius 1 is 1.37 bits per heavy atom. The van der Waals surface area contributed by atoms with E-state index in [1.54, 1.807) is 0 Å². The van der Waals surface area contributed by atoms with Crippen molar-refractivity contribution in [1.29, 1.82) is 0 Å². The van der Waals surface area contributed by atoms with E-state index in [0.29, 0.717) is 11.6 Å². The number of carbonyl (C=O) groups is 1. The lowest BCUT2D eigenvalue weighted by Crippen LogP contribution is -2.29. The Hall–Kier alpha value is -1.36. The lowest BCUT2D eigenvalue weighted by atomic mass is 10.2. The molecule has 0 radical (unpaired) electrons. The van der Waals surface area contributed by atoms with Gasteiger partial charge in [0.15, 0.2) is 0 Å². The van der Waals surface area contributed by atoms with Crippen molar-refractivity contribution in [3.8, 4) is 0 Å². The Bertz CT molecular complexity index is 392. The predicted molar refractivity (Wildman–Crippen MR) is 77.4 cm³/mol. The van der Waals surface area contributed by atoms with Crippen LogP contribution < -0.4 is 5.32 Å². The monoisotopic (exact) mass is 266 g/mol. The average molecular weight is 266 g/mol. The van der Waals surface area contributed by atoms with Gasteiger partial charge in [0.25, 0.3) is 5.91 Å². The van der Waals surface area contributed by atoms with Crippen LogP contribution in [0.25, 0.3) is 0 Å². The first-order chi connectivity index (χ1) is 8.93. The summed E-state index contributed by atoms with van der Waals surface area (Å²) < 4.78 is 0. The topological polar surface area (TPSA) is 61.0 Å². The third-order valence-electron chi connectivity index (χ3n) is 3.46. The summed E-state index contributed by atoms with van der Waals surface area (Å²) in [5.41, 5.74) is 2.27. The maximum Gasteiger partial charge on any atom is 0.255 e. The molecule has 0 fully saturated rings. The summed E-state index contributed by atoms with van der Waals surface area (Å²) in [7, 11) is 2.13. The Morgan fingerprint density at radius 2 is 2.05 bits per heavy atom. The summed E-state index contributed by atoms with van der Waals surface area (Å²) in [6, 6.07) is 0.575. The van der Waals surface area contributed by atoms with E-state index in [4.69, 9.17) is 0 Å². The van der Waals surface area contributed by atoms with Crippen LogP contribution >= 0.6 is 0 Å². The quantitative estimate of drug-likeness (QED) is 0.741. The maximum absolute atomic E-state index is 12.0. The van der Waals surface area contributed by atoms with E-state index in [2.05, 4.69) is 41.3 Å². The van der Waals surface area contributed by atoms with Gasteiger partial charge in [-0.3, -0.25) is 9.89 Å². The van der Waals surface area contributed by atoms with Gasteiger partial charge in [0.2, 0.25) is 0 Å². The number of aromatic amines is 1. The molecule has 0 aromatic carbocycles. The first-order valence-electron chi connectivity index (χ1n) is 6.93. The molecule has 2 N–H and O–H groups in total. The van der Waals surface area contributed by atoms with Crippen molar-refractivity contribution in [1.82, 2.24) is 20.4 Å². The van der Waals surface area contributed by atoms with Crippen molar-refractivity contribution in [2.75, 3.05) is 20.1 Å². The second kappa shape index (κ2) is 7.28. The second-order valence-corrected chi connectivity index (χ2v) is 5.35. The molecule has 1 aromatic rings. The number of aryl methyl sites for hydroxylation is 2. The number of nitrogens with zero attached hydrogens (tertiary/aromatic N) is 2. The Balaban J connectivity index is 2.25. The molecule has 0 unspecified atom stereocenters. The standard InChI is InChI=1S/C14H26N4O/c1-10(2)18(5)9-7-6-8-15-14(19)13-11(3)16-17-12(13)4/h10H,6-9H2,1-5H3,(H,15,19)(H,16,17). The molecule has 0 aliphatic heterocycles. The number of hydrogen-bond acceptors (Lipinski definition) is 3. The summed E-state index contributed by atoms with van der Waals surface area (Å²) >= 11 is 0. The molecule has 5 heteroatoms. The van der Waals surface area contributed by atoms with Gasteiger partial charge in [-0.1, -0.05) is 0 Å². The molecule has 0 aliphatic carbocycles. The maximum atomic E-state index is 12.0. The van der Waals surface area contributed by atoms with Crippen LogP contribution in [0.4, 0.5) is 0 Å². The van der Waals surface area contributed by atoms with Crippen LogP contribution in [0, 0.1) is 13.8 Å². The van der Waals surface area contributed by atoms with E-state index in [1.807, 2.05) is 13.8 Å². The number of unbranched alkanes of at least 4 members (excludes halogenated alkanes) is 1. The average Bonchev–Trinajstić information content (AvgIpc) is 2.68. The lowest BCUT2D eigenvalue weighted by Gasteiger charge is -2.20. The molecule has 0 bridgehead atoms. The minimum absolute atomic E-state index is 0.0269. The number of H-pyrrole nitrogens is 1. The molecule has 0 saturated carbocycles. The zero-order valence-corrected chi connectivity index (χ0v) is 12.7. The van der Waals surface area contributed by atoms with Gasteiger partial charge in [0, 0.05) is 18.3 Å². The number of carbonyl (C=O) groups excluding carboxylic acids is 1. The highest BCUT2D eigenvalue weighted by Gasteiger charge is 2.14. The smallest absolute Gasteiger partial charge is 0.255 e. The highest BCUT2D eigenvalue weighted by molar-refractivity contribution is 5.96. The molecule has 5 nitrogen and oxygen atoms in total. The summed E-state index contributed by atoms with van der Waals surface area (Å²) in [4.78, 5) is 14.3. The zero-order chi connectivity index (χ0) is 14.4. The lowest BCUT2D eigenvalue weighted by molar-refractivity contribution is 0.0951. The van der Waals surface area contributed by atoms with Crippen molar-refractivity contribution in [2.45, 2.75) is 46.6 Å². The van der Waals surface area contributed by atoms with E-state index >= 15 is 0 Å². The molecule has 1 rings (SSSR count). The van der Waals surface area contributed by atoms with Crippen molar-refractivity contribution < 1.29 is 4.79 Å². The van der Waals surface area contributed by atoms with Crippen molar-refractivity contribution in [2.24, 2.45) is 0 Å². The molecule has 19 heavy (non-hydrogen) atoms. The van der Waals surface area contributed by atoms with E-state index in [9.17, 15) is 4.79 Å². The highest BCUT2D eigenvalue weighted by atomic mass is 16.1. The molecule has 0 saturated heterocycles. The Kier molecular flexibility index (Phi) is 6.02. The van der Waals surface area contributed by atoms with Gasteiger partial charge in [0.1, 0.15) is 0 Å². The van der Waals surface area contributed by atoms with Crippen molar-refractivity contribution in [3.63, 3.8) is 0 Å². The van der Waals surface area contributed by atoms with E-state index in [0.717, 1.165) is 37.3 Å². The normalized spacial score (nSPS) is 11.3. The molecule has 1 heterocycles. The minimum atomic E-state index is -0.0269. The molecule has 1 amide bonds. The van der Waals surface area contributed by atoms with Crippen LogP contribution in [0.1, 0.15) is 48.4 Å². The van der Waals surface area contributed by atoms with Crippen molar-refractivity contribution >= 4 is 5.91 Å². The second-order valence-electron chi connectivity index (χ2n) is 5.35. The number of hydrogen-bond donors (Lipinski definition) is 2. The van der Waals surface area contributed by atoms with Crippen LogP contribution in [0.2, 0.25) is 0 Å². The molecule has 1 aromatic heterocycles. The van der Waals surface area contributed by atoms with E-state index in [1.165, 1.54) is 0 Å². The summed E-state index contributed by atoms with van der Waals surface area (Å²) in [6.07, 6.45) is 2.09. The Labute approximate surface area is 115 Å². The third kappa shape index (κ3) is 4.67. The highest BCUT2D eigenvalue weighted by Crippen LogP contribution is 2.08. The van der Waals surface area contributed by atoms with Gasteiger partial charge < -0.3 is 10.2 Å². The summed E-state index contributed by atoms with van der Waals surface area (Å²) in [5, 5.41) is 9.81.